The summed E-state index contributed by atoms with van der Waals surface area (Å²) < 4.78 is 18.7. The average Bonchev–Trinajstić information content (AvgIpc) is 3.16. The summed E-state index contributed by atoms with van der Waals surface area (Å²) in [5.41, 5.74) is 0.711. The summed E-state index contributed by atoms with van der Waals surface area (Å²) in [6, 6.07) is 6.19. The number of amides is 1. The predicted octanol–water partition coefficient (Wildman–Crippen LogP) is 1.59. The van der Waals surface area contributed by atoms with E-state index in [1.165, 1.54) is 19.4 Å². The van der Waals surface area contributed by atoms with E-state index in [-0.39, 0.29) is 28.8 Å². The van der Waals surface area contributed by atoms with E-state index >= 15 is 0 Å². The molecule has 3 aromatic rings. The van der Waals surface area contributed by atoms with Gasteiger partial charge in [-0.15, -0.1) is 5.10 Å². The molecule has 22 heavy (non-hydrogen) atoms. The van der Waals surface area contributed by atoms with Crippen LogP contribution in [-0.4, -0.2) is 38.4 Å². The molecule has 0 aliphatic heterocycles. The molecule has 1 amide bonds. The van der Waals surface area contributed by atoms with Crippen LogP contribution in [0, 0.1) is 5.82 Å². The molecule has 112 valence electrons. The number of aromatic amines is 2. The van der Waals surface area contributed by atoms with Crippen molar-refractivity contribution in [2.24, 2.45) is 0 Å². The number of nitrogens with one attached hydrogen (secondary N) is 3. The fourth-order valence-electron chi connectivity index (χ4n) is 1.90. The Morgan fingerprint density at radius 2 is 2.14 bits per heavy atom. The molecule has 1 aromatic carbocycles. The molecule has 2 aromatic heterocycles. The smallest absolute Gasteiger partial charge is 0.336 e. The first-order valence-electron chi connectivity index (χ1n) is 6.25. The molecule has 0 aliphatic carbocycles. The van der Waals surface area contributed by atoms with Crippen LogP contribution in [-0.2, 0) is 0 Å². The molecule has 0 fully saturated rings. The Labute approximate surface area is 123 Å². The number of hydrogen-bond donors (Lipinski definition) is 3. The quantitative estimate of drug-likeness (QED) is 0.678. The first-order chi connectivity index (χ1) is 10.7. The number of nitrogens with zero attached hydrogens (tertiary/aromatic N) is 3. The van der Waals surface area contributed by atoms with E-state index in [1.54, 1.807) is 18.2 Å². The predicted molar refractivity (Wildman–Crippen MR) is 74.9 cm³/mol. The molecular formula is C13H11FN6O2. The van der Waals surface area contributed by atoms with E-state index in [9.17, 15) is 9.18 Å². The molecular weight excluding hydrogens is 291 g/mol. The molecule has 0 radical (unpaired) electrons. The number of rotatable bonds is 4. The Morgan fingerprint density at radius 1 is 1.32 bits per heavy atom. The Kier molecular flexibility index (Phi) is 3.52. The van der Waals surface area contributed by atoms with E-state index in [4.69, 9.17) is 4.74 Å². The van der Waals surface area contributed by atoms with Gasteiger partial charge in [0.05, 0.1) is 24.6 Å². The third-order valence-electron chi connectivity index (χ3n) is 2.91. The summed E-state index contributed by atoms with van der Waals surface area (Å²) in [6.45, 7) is 0. The van der Waals surface area contributed by atoms with Gasteiger partial charge in [-0.3, -0.25) is 15.2 Å². The molecule has 0 atom stereocenters. The van der Waals surface area contributed by atoms with E-state index in [0.717, 1.165) is 0 Å². The number of ether oxygens (including phenoxy) is 1. The van der Waals surface area contributed by atoms with Gasteiger partial charge in [-0.1, -0.05) is 12.1 Å². The molecule has 3 rings (SSSR count). The van der Waals surface area contributed by atoms with Crippen LogP contribution in [0.4, 0.5) is 10.3 Å². The SMILES string of the molecule is COc1n[nH]c(NC(=O)c2cn[nH]c2-c2ccccc2F)n1. The molecule has 0 aliphatic rings. The zero-order chi connectivity index (χ0) is 15.5. The third kappa shape index (κ3) is 2.51. The van der Waals surface area contributed by atoms with Gasteiger partial charge in [-0.05, 0) is 12.1 Å². The van der Waals surface area contributed by atoms with Gasteiger partial charge in [0.1, 0.15) is 5.82 Å². The van der Waals surface area contributed by atoms with Gasteiger partial charge in [0.25, 0.3) is 5.91 Å². The molecule has 0 spiro atoms. The van der Waals surface area contributed by atoms with Crippen LogP contribution in [0.2, 0.25) is 0 Å². The number of methoxy groups -OCH3 is 1. The Balaban J connectivity index is 1.88. The van der Waals surface area contributed by atoms with Gasteiger partial charge in [0.15, 0.2) is 0 Å². The number of hydrogen-bond acceptors (Lipinski definition) is 5. The van der Waals surface area contributed by atoms with Gasteiger partial charge < -0.3 is 4.74 Å². The lowest BCUT2D eigenvalue weighted by atomic mass is 10.1. The summed E-state index contributed by atoms with van der Waals surface area (Å²) in [5.74, 6) is -0.851. The first-order valence-corrected chi connectivity index (χ1v) is 6.25. The second-order valence-corrected chi connectivity index (χ2v) is 4.26. The Hall–Kier alpha value is -3.23. The van der Waals surface area contributed by atoms with Crippen molar-refractivity contribution in [3.05, 3.63) is 41.8 Å². The molecule has 0 bridgehead atoms. The van der Waals surface area contributed by atoms with Crippen LogP contribution in [0.25, 0.3) is 11.3 Å². The van der Waals surface area contributed by atoms with E-state index in [2.05, 4.69) is 30.7 Å². The van der Waals surface area contributed by atoms with Crippen molar-refractivity contribution in [3.63, 3.8) is 0 Å². The lowest BCUT2D eigenvalue weighted by Gasteiger charge is -2.04. The van der Waals surface area contributed by atoms with E-state index in [0.29, 0.717) is 0 Å². The highest BCUT2D eigenvalue weighted by molar-refractivity contribution is 6.07. The zero-order valence-corrected chi connectivity index (χ0v) is 11.4. The van der Waals surface area contributed by atoms with Crippen molar-refractivity contribution in [3.8, 4) is 17.3 Å². The fourth-order valence-corrected chi connectivity index (χ4v) is 1.90. The molecule has 3 N–H and O–H groups in total. The summed E-state index contributed by atoms with van der Waals surface area (Å²) in [4.78, 5) is 16.1. The number of H-pyrrole nitrogens is 2. The van der Waals surface area contributed by atoms with Crippen molar-refractivity contribution in [2.45, 2.75) is 0 Å². The van der Waals surface area contributed by atoms with Crippen molar-refractivity contribution in [1.82, 2.24) is 25.4 Å². The third-order valence-corrected chi connectivity index (χ3v) is 2.91. The van der Waals surface area contributed by atoms with Gasteiger partial charge in [0, 0.05) is 5.56 Å². The maximum atomic E-state index is 13.8. The molecule has 0 saturated heterocycles. The number of benzene rings is 1. The maximum Gasteiger partial charge on any atom is 0.336 e. The topological polar surface area (TPSA) is 109 Å². The largest absolute Gasteiger partial charge is 0.466 e. The lowest BCUT2D eigenvalue weighted by Crippen LogP contribution is -2.13. The van der Waals surface area contributed by atoms with E-state index in [1.807, 2.05) is 0 Å². The molecule has 8 nitrogen and oxygen atoms in total. The van der Waals surface area contributed by atoms with Crippen molar-refractivity contribution in [1.29, 1.82) is 0 Å². The van der Waals surface area contributed by atoms with E-state index < -0.39 is 11.7 Å². The number of halogens is 1. The van der Waals surface area contributed by atoms with Crippen LogP contribution < -0.4 is 10.1 Å². The normalized spacial score (nSPS) is 10.5. The summed E-state index contributed by atoms with van der Waals surface area (Å²) >= 11 is 0. The maximum absolute atomic E-state index is 13.8. The summed E-state index contributed by atoms with van der Waals surface area (Å²) in [5, 5.41) is 15.1. The van der Waals surface area contributed by atoms with Gasteiger partial charge in [-0.2, -0.15) is 10.1 Å². The summed E-state index contributed by atoms with van der Waals surface area (Å²) in [7, 11) is 1.40. The number of carbonyl (C=O) groups is 1. The average molecular weight is 302 g/mol. The van der Waals surface area contributed by atoms with Gasteiger partial charge >= 0.3 is 6.01 Å². The highest BCUT2D eigenvalue weighted by atomic mass is 19.1. The van der Waals surface area contributed by atoms with Crippen LogP contribution in [0.1, 0.15) is 10.4 Å². The van der Waals surface area contributed by atoms with Crippen molar-refractivity contribution in [2.75, 3.05) is 12.4 Å². The van der Waals surface area contributed by atoms with Gasteiger partial charge in [0.2, 0.25) is 5.95 Å². The first kappa shape index (κ1) is 13.7. The number of aromatic nitrogens is 5. The van der Waals surface area contributed by atoms with Crippen LogP contribution >= 0.6 is 0 Å². The van der Waals surface area contributed by atoms with Crippen LogP contribution in [0.15, 0.2) is 30.5 Å². The number of carbonyl (C=O) groups excluding carboxylic acids is 1. The highest BCUT2D eigenvalue weighted by Gasteiger charge is 2.18. The number of anilines is 1. The molecule has 9 heteroatoms. The molecule has 0 unspecified atom stereocenters. The van der Waals surface area contributed by atoms with Crippen molar-refractivity contribution >= 4 is 11.9 Å². The summed E-state index contributed by atoms with van der Waals surface area (Å²) in [6.07, 6.45) is 1.31. The second-order valence-electron chi connectivity index (χ2n) is 4.26. The standard InChI is InChI=1S/C13H11FN6O2/c1-22-13-17-12(19-20-13)16-11(21)8-6-15-18-10(8)7-4-2-3-5-9(7)14/h2-6H,1H3,(H,15,18)(H2,16,17,19,20,21). The fraction of sp³-hybridized carbons (Fsp3) is 0.0769. The molecule has 0 saturated carbocycles. The minimum absolute atomic E-state index is 0.0943. The van der Waals surface area contributed by atoms with Gasteiger partial charge in [-0.25, -0.2) is 9.49 Å². The monoisotopic (exact) mass is 302 g/mol. The second kappa shape index (κ2) is 5.64. The minimum Gasteiger partial charge on any atom is -0.466 e. The Morgan fingerprint density at radius 3 is 2.86 bits per heavy atom. The lowest BCUT2D eigenvalue weighted by molar-refractivity contribution is 0.102. The zero-order valence-electron chi connectivity index (χ0n) is 11.4. The highest BCUT2D eigenvalue weighted by Crippen LogP contribution is 2.24. The molecule has 2 heterocycles. The van der Waals surface area contributed by atoms with Crippen LogP contribution in [0.5, 0.6) is 6.01 Å². The van der Waals surface area contributed by atoms with Crippen molar-refractivity contribution < 1.29 is 13.9 Å². The van der Waals surface area contributed by atoms with Crippen LogP contribution in [0.3, 0.4) is 0 Å². The Bertz CT molecular complexity index is 812. The minimum atomic E-state index is -0.509.